The van der Waals surface area contributed by atoms with Crippen molar-refractivity contribution < 1.29 is 23.0 Å². The molecule has 5 nitrogen and oxygen atoms in total. The summed E-state index contributed by atoms with van der Waals surface area (Å²) >= 11 is 1.53. The second-order valence-electron chi connectivity index (χ2n) is 7.76. The molecule has 3 aromatic rings. The normalized spacial score (nSPS) is 13.2. The summed E-state index contributed by atoms with van der Waals surface area (Å²) in [7, 11) is 1.38. The minimum absolute atomic E-state index is 0.0468. The second-order valence-corrected chi connectivity index (χ2v) is 8.84. The van der Waals surface area contributed by atoms with Gasteiger partial charge in [0.05, 0.1) is 12.7 Å². The molecule has 2 aromatic carbocycles. The van der Waals surface area contributed by atoms with Crippen molar-refractivity contribution >= 4 is 34.1 Å². The first-order valence-corrected chi connectivity index (χ1v) is 11.5. The number of ether oxygens (including phenoxy) is 2. The molecule has 172 valence electrons. The number of anilines is 1. The van der Waals surface area contributed by atoms with Gasteiger partial charge in [0.1, 0.15) is 5.00 Å². The number of alkyl halides is 2. The molecule has 0 unspecified atom stereocenters. The lowest BCUT2D eigenvalue weighted by Gasteiger charge is -2.13. The smallest absolute Gasteiger partial charge is 0.387 e. The number of amides is 1. The van der Waals surface area contributed by atoms with E-state index in [4.69, 9.17) is 4.74 Å². The van der Waals surface area contributed by atoms with E-state index in [1.807, 2.05) is 31.2 Å². The van der Waals surface area contributed by atoms with Crippen LogP contribution in [0.5, 0.6) is 11.5 Å². The minimum Gasteiger partial charge on any atom is -0.493 e. The van der Waals surface area contributed by atoms with Crippen LogP contribution in [0.3, 0.4) is 0 Å². The number of hydrogen-bond acceptors (Lipinski definition) is 5. The Bertz CT molecular complexity index is 1170. The molecule has 1 aliphatic carbocycles. The van der Waals surface area contributed by atoms with Gasteiger partial charge in [0.25, 0.3) is 5.91 Å². The SMILES string of the molecule is COc1cc(C=Nc2sc3c(c2C(=O)Nc2ccc(C)cc2)CCCC3)ccc1OC(F)F. The van der Waals surface area contributed by atoms with Crippen molar-refractivity contribution in [2.75, 3.05) is 12.4 Å². The summed E-state index contributed by atoms with van der Waals surface area (Å²) in [5, 5.41) is 3.63. The van der Waals surface area contributed by atoms with Crippen LogP contribution in [0.4, 0.5) is 19.5 Å². The van der Waals surface area contributed by atoms with Crippen LogP contribution in [-0.4, -0.2) is 25.8 Å². The summed E-state index contributed by atoms with van der Waals surface area (Å²) in [6.07, 6.45) is 5.53. The zero-order valence-electron chi connectivity index (χ0n) is 18.4. The zero-order valence-corrected chi connectivity index (χ0v) is 19.2. The highest BCUT2D eigenvalue weighted by molar-refractivity contribution is 7.16. The fraction of sp³-hybridized carbons (Fsp3) is 0.280. The summed E-state index contributed by atoms with van der Waals surface area (Å²) in [6.45, 7) is -0.945. The second kappa shape index (κ2) is 10.1. The van der Waals surface area contributed by atoms with E-state index in [1.54, 1.807) is 18.3 Å². The number of carbonyl (C=O) groups is 1. The maximum atomic E-state index is 13.2. The number of fused-ring (bicyclic) bond motifs is 1. The Labute approximate surface area is 195 Å². The van der Waals surface area contributed by atoms with E-state index >= 15 is 0 Å². The summed E-state index contributed by atoms with van der Waals surface area (Å²) in [6, 6.07) is 12.3. The third-order valence-electron chi connectivity index (χ3n) is 5.42. The third-order valence-corrected chi connectivity index (χ3v) is 6.62. The van der Waals surface area contributed by atoms with Crippen molar-refractivity contribution in [1.29, 1.82) is 0 Å². The van der Waals surface area contributed by atoms with Gasteiger partial charge < -0.3 is 14.8 Å². The number of nitrogens with one attached hydrogen (secondary N) is 1. The molecule has 33 heavy (non-hydrogen) atoms. The number of aliphatic imine (C=N–C) groups is 1. The lowest BCUT2D eigenvalue weighted by atomic mass is 9.95. The fourth-order valence-electron chi connectivity index (χ4n) is 3.80. The van der Waals surface area contributed by atoms with Crippen LogP contribution in [0.2, 0.25) is 0 Å². The van der Waals surface area contributed by atoms with Crippen LogP contribution in [0.1, 0.15) is 44.8 Å². The predicted octanol–water partition coefficient (Wildman–Crippen LogP) is 6.55. The minimum atomic E-state index is -2.94. The average molecular weight is 471 g/mol. The molecule has 0 radical (unpaired) electrons. The summed E-state index contributed by atoms with van der Waals surface area (Å²) in [5.74, 6) is -0.0415. The van der Waals surface area contributed by atoms with Crippen LogP contribution in [0.15, 0.2) is 47.5 Å². The molecule has 1 N–H and O–H groups in total. The molecular weight excluding hydrogens is 446 g/mol. The molecule has 0 atom stereocenters. The van der Waals surface area contributed by atoms with Crippen LogP contribution in [-0.2, 0) is 12.8 Å². The van der Waals surface area contributed by atoms with Crippen molar-refractivity contribution in [3.63, 3.8) is 0 Å². The first-order valence-electron chi connectivity index (χ1n) is 10.6. The first-order chi connectivity index (χ1) is 15.9. The van der Waals surface area contributed by atoms with E-state index in [0.29, 0.717) is 16.1 Å². The highest BCUT2D eigenvalue weighted by atomic mass is 32.1. The number of thiophene rings is 1. The number of carbonyl (C=O) groups excluding carboxylic acids is 1. The standard InChI is InChI=1S/C25H24F2N2O3S/c1-15-7-10-17(11-8-15)29-23(30)22-18-5-3-4-6-21(18)33-24(22)28-14-16-9-12-19(32-25(26)27)20(13-16)31-2/h7-14,25H,3-6H2,1-2H3,(H,29,30). The Kier molecular flexibility index (Phi) is 7.03. The van der Waals surface area contributed by atoms with Gasteiger partial charge in [-0.1, -0.05) is 17.7 Å². The largest absolute Gasteiger partial charge is 0.493 e. The molecule has 8 heteroatoms. The lowest BCUT2D eigenvalue weighted by Crippen LogP contribution is -2.14. The average Bonchev–Trinajstić information content (AvgIpc) is 3.18. The van der Waals surface area contributed by atoms with E-state index in [-0.39, 0.29) is 17.4 Å². The molecular formula is C25H24F2N2O3S. The summed E-state index contributed by atoms with van der Waals surface area (Å²) < 4.78 is 34.8. The third kappa shape index (κ3) is 5.39. The highest BCUT2D eigenvalue weighted by Crippen LogP contribution is 2.40. The van der Waals surface area contributed by atoms with Gasteiger partial charge in [0, 0.05) is 16.8 Å². The Hall–Kier alpha value is -3.26. The van der Waals surface area contributed by atoms with E-state index in [9.17, 15) is 13.6 Å². The number of rotatable bonds is 7. The number of aryl methyl sites for hydroxylation is 2. The van der Waals surface area contributed by atoms with Crippen molar-refractivity contribution in [3.05, 3.63) is 69.6 Å². The maximum Gasteiger partial charge on any atom is 0.387 e. The molecule has 0 fully saturated rings. The van der Waals surface area contributed by atoms with E-state index < -0.39 is 6.61 Å². The Morgan fingerprint density at radius 1 is 1.12 bits per heavy atom. The van der Waals surface area contributed by atoms with E-state index in [0.717, 1.165) is 42.5 Å². The van der Waals surface area contributed by atoms with Gasteiger partial charge in [-0.3, -0.25) is 4.79 Å². The van der Waals surface area contributed by atoms with Gasteiger partial charge in [0.2, 0.25) is 0 Å². The summed E-state index contributed by atoms with van der Waals surface area (Å²) in [5.41, 5.74) is 4.17. The predicted molar refractivity (Wildman–Crippen MR) is 127 cm³/mol. The number of hydrogen-bond donors (Lipinski definition) is 1. The monoisotopic (exact) mass is 470 g/mol. The molecule has 0 saturated carbocycles. The summed E-state index contributed by atoms with van der Waals surface area (Å²) in [4.78, 5) is 19.0. The fourth-order valence-corrected chi connectivity index (χ4v) is 5.03. The Morgan fingerprint density at radius 3 is 2.61 bits per heavy atom. The van der Waals surface area contributed by atoms with Crippen molar-refractivity contribution in [3.8, 4) is 11.5 Å². The number of halogens is 2. The zero-order chi connectivity index (χ0) is 23.4. The molecule has 0 saturated heterocycles. The Balaban J connectivity index is 1.63. The molecule has 1 aliphatic rings. The quantitative estimate of drug-likeness (QED) is 0.399. The van der Waals surface area contributed by atoms with Gasteiger partial charge in [-0.05, 0) is 74.1 Å². The van der Waals surface area contributed by atoms with Crippen LogP contribution >= 0.6 is 11.3 Å². The molecule has 1 aromatic heterocycles. The molecule has 1 heterocycles. The van der Waals surface area contributed by atoms with Crippen LogP contribution < -0.4 is 14.8 Å². The van der Waals surface area contributed by atoms with Crippen molar-refractivity contribution in [2.24, 2.45) is 4.99 Å². The molecule has 0 aliphatic heterocycles. The van der Waals surface area contributed by atoms with Gasteiger partial charge in [-0.15, -0.1) is 11.3 Å². The first kappa shape index (κ1) is 22.9. The van der Waals surface area contributed by atoms with Gasteiger partial charge >= 0.3 is 6.61 Å². The van der Waals surface area contributed by atoms with Crippen molar-refractivity contribution in [1.82, 2.24) is 0 Å². The van der Waals surface area contributed by atoms with Gasteiger partial charge in [0.15, 0.2) is 11.5 Å². The Morgan fingerprint density at radius 2 is 1.88 bits per heavy atom. The topological polar surface area (TPSA) is 59.9 Å². The molecule has 0 bridgehead atoms. The lowest BCUT2D eigenvalue weighted by molar-refractivity contribution is -0.0512. The number of benzene rings is 2. The van der Waals surface area contributed by atoms with E-state index in [1.165, 1.54) is 29.4 Å². The number of nitrogens with zero attached hydrogens (tertiary/aromatic N) is 1. The van der Waals surface area contributed by atoms with Crippen LogP contribution in [0.25, 0.3) is 0 Å². The molecule has 4 rings (SSSR count). The molecule has 1 amide bonds. The maximum absolute atomic E-state index is 13.2. The number of methoxy groups -OCH3 is 1. The van der Waals surface area contributed by atoms with Gasteiger partial charge in [-0.25, -0.2) is 4.99 Å². The van der Waals surface area contributed by atoms with E-state index in [2.05, 4.69) is 15.0 Å². The van der Waals surface area contributed by atoms with Crippen molar-refractivity contribution in [2.45, 2.75) is 39.2 Å². The highest BCUT2D eigenvalue weighted by Gasteiger charge is 2.25. The van der Waals surface area contributed by atoms with Gasteiger partial charge in [-0.2, -0.15) is 8.78 Å². The molecule has 0 spiro atoms. The van der Waals surface area contributed by atoms with Crippen LogP contribution in [0, 0.1) is 6.92 Å².